The second kappa shape index (κ2) is 7.34. The zero-order chi connectivity index (χ0) is 17.9. The van der Waals surface area contributed by atoms with E-state index >= 15 is 0 Å². The lowest BCUT2D eigenvalue weighted by Crippen LogP contribution is -2.49. The van der Waals surface area contributed by atoms with Crippen LogP contribution in [0.5, 0.6) is 0 Å². The number of amides is 2. The SMILES string of the molecule is COC1CCCCN(CC(=O)NC(C)(C)c2c(C)noc2C)C1=O. The highest BCUT2D eigenvalue weighted by molar-refractivity contribution is 5.87. The fourth-order valence-electron chi connectivity index (χ4n) is 3.44. The van der Waals surface area contributed by atoms with Gasteiger partial charge in [0.15, 0.2) is 0 Å². The molecule has 1 unspecified atom stereocenters. The molecule has 0 aromatic carbocycles. The Kier molecular flexibility index (Phi) is 5.64. The normalized spacial score (nSPS) is 19.3. The summed E-state index contributed by atoms with van der Waals surface area (Å²) in [6, 6.07) is 0. The maximum atomic E-state index is 12.5. The average molecular weight is 337 g/mol. The number of hydrogen-bond acceptors (Lipinski definition) is 5. The van der Waals surface area contributed by atoms with Gasteiger partial charge in [0.2, 0.25) is 5.91 Å². The van der Waals surface area contributed by atoms with Crippen molar-refractivity contribution in [2.45, 2.75) is 58.6 Å². The van der Waals surface area contributed by atoms with Crippen molar-refractivity contribution >= 4 is 11.8 Å². The summed E-state index contributed by atoms with van der Waals surface area (Å²) in [6.07, 6.45) is 2.06. The molecule has 0 bridgehead atoms. The Morgan fingerprint density at radius 1 is 1.42 bits per heavy atom. The van der Waals surface area contributed by atoms with Gasteiger partial charge in [-0.3, -0.25) is 9.59 Å². The molecule has 2 amide bonds. The van der Waals surface area contributed by atoms with Crippen LogP contribution in [0.1, 0.15) is 50.1 Å². The van der Waals surface area contributed by atoms with Gasteiger partial charge in [-0.1, -0.05) is 5.16 Å². The fourth-order valence-corrected chi connectivity index (χ4v) is 3.44. The molecular formula is C17H27N3O4. The van der Waals surface area contributed by atoms with E-state index in [-0.39, 0.29) is 18.4 Å². The van der Waals surface area contributed by atoms with Gasteiger partial charge >= 0.3 is 0 Å². The lowest BCUT2D eigenvalue weighted by atomic mass is 9.92. The second-order valence-corrected chi connectivity index (χ2v) is 6.85. The Morgan fingerprint density at radius 2 is 2.12 bits per heavy atom. The minimum absolute atomic E-state index is 0.0332. The molecule has 24 heavy (non-hydrogen) atoms. The van der Waals surface area contributed by atoms with Crippen LogP contribution in [0.25, 0.3) is 0 Å². The Morgan fingerprint density at radius 3 is 2.71 bits per heavy atom. The average Bonchev–Trinajstić information content (AvgIpc) is 2.74. The van der Waals surface area contributed by atoms with E-state index in [0.717, 1.165) is 24.1 Å². The molecule has 134 valence electrons. The van der Waals surface area contributed by atoms with E-state index < -0.39 is 11.6 Å². The van der Waals surface area contributed by atoms with Crippen molar-refractivity contribution in [2.75, 3.05) is 20.2 Å². The predicted octanol–water partition coefficient (Wildman–Crippen LogP) is 1.67. The molecule has 0 aliphatic carbocycles. The van der Waals surface area contributed by atoms with Crippen LogP contribution >= 0.6 is 0 Å². The number of aromatic nitrogens is 1. The molecule has 7 nitrogen and oxygen atoms in total. The summed E-state index contributed by atoms with van der Waals surface area (Å²) in [5, 5.41) is 6.93. The molecule has 1 atom stereocenters. The van der Waals surface area contributed by atoms with Crippen LogP contribution in [0.3, 0.4) is 0 Å². The lowest BCUT2D eigenvalue weighted by molar-refractivity contribution is -0.144. The van der Waals surface area contributed by atoms with Crippen LogP contribution in [0.4, 0.5) is 0 Å². The molecule has 1 aliphatic heterocycles. The van der Waals surface area contributed by atoms with Crippen LogP contribution in [0.2, 0.25) is 0 Å². The summed E-state index contributed by atoms with van der Waals surface area (Å²) in [6.45, 7) is 8.09. The first-order chi connectivity index (χ1) is 11.3. The fraction of sp³-hybridized carbons (Fsp3) is 0.706. The Balaban J connectivity index is 2.05. The molecule has 1 fully saturated rings. The van der Waals surface area contributed by atoms with E-state index in [2.05, 4.69) is 10.5 Å². The molecule has 1 saturated heterocycles. The summed E-state index contributed by atoms with van der Waals surface area (Å²) in [7, 11) is 1.53. The number of aryl methyl sites for hydroxylation is 2. The van der Waals surface area contributed by atoms with Crippen molar-refractivity contribution in [2.24, 2.45) is 0 Å². The Hall–Kier alpha value is -1.89. The van der Waals surface area contributed by atoms with Gasteiger partial charge in [0.05, 0.1) is 17.8 Å². The predicted molar refractivity (Wildman–Crippen MR) is 88.4 cm³/mol. The van der Waals surface area contributed by atoms with Gasteiger partial charge in [-0.05, 0) is 47.0 Å². The van der Waals surface area contributed by atoms with Crippen molar-refractivity contribution in [3.05, 3.63) is 17.0 Å². The maximum Gasteiger partial charge on any atom is 0.252 e. The number of carbonyl (C=O) groups excluding carboxylic acids is 2. The van der Waals surface area contributed by atoms with E-state index in [0.29, 0.717) is 18.7 Å². The molecule has 7 heteroatoms. The Bertz CT molecular complexity index is 589. The number of nitrogens with zero attached hydrogens (tertiary/aromatic N) is 2. The number of nitrogens with one attached hydrogen (secondary N) is 1. The van der Waals surface area contributed by atoms with E-state index in [1.807, 2.05) is 27.7 Å². The monoisotopic (exact) mass is 337 g/mol. The summed E-state index contributed by atoms with van der Waals surface area (Å²) in [5.74, 6) is 0.369. The third-order valence-corrected chi connectivity index (χ3v) is 4.46. The molecule has 0 spiro atoms. The van der Waals surface area contributed by atoms with Crippen molar-refractivity contribution in [3.63, 3.8) is 0 Å². The van der Waals surface area contributed by atoms with Crippen LogP contribution in [0.15, 0.2) is 4.52 Å². The summed E-state index contributed by atoms with van der Waals surface area (Å²) in [5.41, 5.74) is 0.997. The summed E-state index contributed by atoms with van der Waals surface area (Å²) < 4.78 is 10.4. The minimum atomic E-state index is -0.624. The molecule has 1 aliphatic rings. The number of ether oxygens (including phenoxy) is 1. The van der Waals surface area contributed by atoms with Crippen LogP contribution in [-0.2, 0) is 19.9 Å². The largest absolute Gasteiger partial charge is 0.372 e. The number of methoxy groups -OCH3 is 1. The van der Waals surface area contributed by atoms with Gasteiger partial charge in [-0.2, -0.15) is 0 Å². The zero-order valence-corrected chi connectivity index (χ0v) is 15.1. The summed E-state index contributed by atoms with van der Waals surface area (Å²) in [4.78, 5) is 26.5. The quantitative estimate of drug-likeness (QED) is 0.883. The molecular weight excluding hydrogens is 310 g/mol. The van der Waals surface area contributed by atoms with E-state index in [4.69, 9.17) is 9.26 Å². The third kappa shape index (κ3) is 3.95. The highest BCUT2D eigenvalue weighted by Crippen LogP contribution is 2.26. The number of likely N-dealkylation sites (tertiary alicyclic amines) is 1. The van der Waals surface area contributed by atoms with Crippen molar-refractivity contribution in [1.82, 2.24) is 15.4 Å². The van der Waals surface area contributed by atoms with Crippen molar-refractivity contribution < 1.29 is 18.8 Å². The van der Waals surface area contributed by atoms with Gasteiger partial charge in [0.1, 0.15) is 11.9 Å². The van der Waals surface area contributed by atoms with Gasteiger partial charge in [0, 0.05) is 19.2 Å². The lowest BCUT2D eigenvalue weighted by Gasteiger charge is -2.29. The summed E-state index contributed by atoms with van der Waals surface area (Å²) >= 11 is 0. The van der Waals surface area contributed by atoms with Gasteiger partial charge in [-0.25, -0.2) is 0 Å². The van der Waals surface area contributed by atoms with E-state index in [1.54, 1.807) is 4.90 Å². The molecule has 0 saturated carbocycles. The smallest absolute Gasteiger partial charge is 0.252 e. The first-order valence-electron chi connectivity index (χ1n) is 8.32. The van der Waals surface area contributed by atoms with Gasteiger partial charge in [-0.15, -0.1) is 0 Å². The van der Waals surface area contributed by atoms with Crippen LogP contribution < -0.4 is 5.32 Å². The van der Waals surface area contributed by atoms with Gasteiger partial charge in [0.25, 0.3) is 5.91 Å². The third-order valence-electron chi connectivity index (χ3n) is 4.46. The first-order valence-corrected chi connectivity index (χ1v) is 8.32. The molecule has 1 N–H and O–H groups in total. The molecule has 1 aromatic heterocycles. The van der Waals surface area contributed by atoms with E-state index in [1.165, 1.54) is 7.11 Å². The maximum absolute atomic E-state index is 12.5. The van der Waals surface area contributed by atoms with Gasteiger partial charge < -0.3 is 19.5 Å². The first kappa shape index (κ1) is 18.4. The zero-order valence-electron chi connectivity index (χ0n) is 15.1. The minimum Gasteiger partial charge on any atom is -0.372 e. The second-order valence-electron chi connectivity index (χ2n) is 6.85. The molecule has 1 aromatic rings. The van der Waals surface area contributed by atoms with Crippen LogP contribution in [-0.4, -0.2) is 48.2 Å². The standard InChI is InChI=1S/C17H27N3O4/c1-11-15(12(2)24-19-11)17(3,4)18-14(21)10-20-9-7-6-8-13(23-5)16(20)22/h13H,6-10H2,1-5H3,(H,18,21). The Labute approximate surface area is 142 Å². The number of hydrogen-bond donors (Lipinski definition) is 1. The van der Waals surface area contributed by atoms with E-state index in [9.17, 15) is 9.59 Å². The van der Waals surface area contributed by atoms with Crippen LogP contribution in [0, 0.1) is 13.8 Å². The molecule has 2 heterocycles. The molecule has 2 rings (SSSR count). The highest BCUT2D eigenvalue weighted by atomic mass is 16.5. The topological polar surface area (TPSA) is 84.7 Å². The molecule has 0 radical (unpaired) electrons. The number of rotatable bonds is 5. The highest BCUT2D eigenvalue weighted by Gasteiger charge is 2.32. The van der Waals surface area contributed by atoms with Crippen molar-refractivity contribution in [3.8, 4) is 0 Å². The van der Waals surface area contributed by atoms with Crippen molar-refractivity contribution in [1.29, 1.82) is 0 Å². The number of carbonyl (C=O) groups is 2.